The van der Waals surface area contributed by atoms with Crippen LogP contribution < -0.4 is 5.73 Å². The first kappa shape index (κ1) is 9.96. The van der Waals surface area contributed by atoms with Crippen LogP contribution in [0.15, 0.2) is 30.5 Å². The van der Waals surface area contributed by atoms with Crippen LogP contribution in [0.5, 0.6) is 0 Å². The van der Waals surface area contributed by atoms with Crippen molar-refractivity contribution < 1.29 is 0 Å². The average molecular weight is 226 g/mol. The zero-order valence-electron chi connectivity index (χ0n) is 9.86. The van der Waals surface area contributed by atoms with E-state index in [1.165, 1.54) is 16.5 Å². The fourth-order valence-electron chi connectivity index (χ4n) is 2.30. The molecule has 0 aliphatic heterocycles. The maximum Gasteiger partial charge on any atom is 0.145 e. The zero-order chi connectivity index (χ0) is 12.0. The Balaban J connectivity index is 2.37. The van der Waals surface area contributed by atoms with Gasteiger partial charge in [-0.2, -0.15) is 5.10 Å². The molecule has 3 aromatic rings. The summed E-state index contributed by atoms with van der Waals surface area (Å²) in [6.45, 7) is 2.12. The van der Waals surface area contributed by atoms with Crippen molar-refractivity contribution in [3.05, 3.63) is 36.0 Å². The number of nitrogens with two attached hydrogens (primary N) is 1. The average Bonchev–Trinajstić information content (AvgIpc) is 2.85. The summed E-state index contributed by atoms with van der Waals surface area (Å²) in [4.78, 5) is 0. The molecular formula is C13H14N4. The highest BCUT2D eigenvalue weighted by Gasteiger charge is 2.12. The monoisotopic (exact) mass is 226 g/mol. The highest BCUT2D eigenvalue weighted by atomic mass is 15.2. The minimum absolute atomic E-state index is 0.519. The number of aromatic nitrogens is 3. The fourth-order valence-corrected chi connectivity index (χ4v) is 2.30. The summed E-state index contributed by atoms with van der Waals surface area (Å²) < 4.78 is 2.12. The molecule has 1 aromatic carbocycles. The summed E-state index contributed by atoms with van der Waals surface area (Å²) in [6.07, 6.45) is 2.10. The number of hydrogen-bond donors (Lipinski definition) is 2. The summed E-state index contributed by atoms with van der Waals surface area (Å²) in [5.41, 5.74) is 10.2. The van der Waals surface area contributed by atoms with Crippen LogP contribution in [0.25, 0.3) is 22.2 Å². The predicted molar refractivity (Wildman–Crippen MR) is 69.7 cm³/mol. The lowest BCUT2D eigenvalue weighted by Gasteiger charge is -1.99. The summed E-state index contributed by atoms with van der Waals surface area (Å²) in [5.74, 6) is 0.519. The minimum atomic E-state index is 0.519. The third kappa shape index (κ3) is 1.41. The summed E-state index contributed by atoms with van der Waals surface area (Å²) >= 11 is 0. The molecule has 2 aromatic heterocycles. The third-order valence-corrected chi connectivity index (χ3v) is 3.11. The summed E-state index contributed by atoms with van der Waals surface area (Å²) in [6, 6.07) is 8.17. The Kier molecular flexibility index (Phi) is 1.98. The van der Waals surface area contributed by atoms with Crippen molar-refractivity contribution in [1.29, 1.82) is 0 Å². The first-order valence-corrected chi connectivity index (χ1v) is 5.52. The van der Waals surface area contributed by atoms with Crippen molar-refractivity contribution in [2.24, 2.45) is 7.05 Å². The molecule has 86 valence electrons. The van der Waals surface area contributed by atoms with Gasteiger partial charge in [-0.3, -0.25) is 5.10 Å². The van der Waals surface area contributed by atoms with Crippen LogP contribution in [0.1, 0.15) is 5.56 Å². The molecule has 3 rings (SSSR count). The second-order valence-electron chi connectivity index (χ2n) is 4.33. The smallest absolute Gasteiger partial charge is 0.145 e. The molecule has 0 saturated heterocycles. The Morgan fingerprint density at radius 2 is 2.18 bits per heavy atom. The molecule has 2 heterocycles. The SMILES string of the molecule is Cc1cccc2c1c(-c1cc(N)n[nH]1)cn2C. The lowest BCUT2D eigenvalue weighted by Crippen LogP contribution is -1.83. The number of nitrogen functional groups attached to an aromatic ring is 1. The number of anilines is 1. The van der Waals surface area contributed by atoms with Crippen LogP contribution in [0.2, 0.25) is 0 Å². The molecule has 0 bridgehead atoms. The molecule has 3 N–H and O–H groups in total. The van der Waals surface area contributed by atoms with Crippen LogP contribution in [-0.2, 0) is 7.05 Å². The molecule has 0 atom stereocenters. The Labute approximate surface area is 99.1 Å². The molecule has 0 unspecified atom stereocenters. The minimum Gasteiger partial charge on any atom is -0.382 e. The number of aromatic amines is 1. The number of benzene rings is 1. The van der Waals surface area contributed by atoms with E-state index in [-0.39, 0.29) is 0 Å². The van der Waals surface area contributed by atoms with E-state index in [0.29, 0.717) is 5.82 Å². The van der Waals surface area contributed by atoms with E-state index < -0.39 is 0 Å². The van der Waals surface area contributed by atoms with Crippen LogP contribution in [0, 0.1) is 6.92 Å². The first-order chi connectivity index (χ1) is 8.16. The van der Waals surface area contributed by atoms with Gasteiger partial charge in [-0.05, 0) is 18.6 Å². The van der Waals surface area contributed by atoms with Crippen molar-refractivity contribution in [2.45, 2.75) is 6.92 Å². The number of rotatable bonds is 1. The maximum absolute atomic E-state index is 5.66. The molecule has 0 saturated carbocycles. The van der Waals surface area contributed by atoms with Crippen LogP contribution in [0.4, 0.5) is 5.82 Å². The van der Waals surface area contributed by atoms with Gasteiger partial charge in [0.15, 0.2) is 0 Å². The van der Waals surface area contributed by atoms with E-state index in [4.69, 9.17) is 5.73 Å². The van der Waals surface area contributed by atoms with E-state index in [0.717, 1.165) is 11.3 Å². The Morgan fingerprint density at radius 3 is 2.88 bits per heavy atom. The van der Waals surface area contributed by atoms with Crippen molar-refractivity contribution >= 4 is 16.7 Å². The van der Waals surface area contributed by atoms with Gasteiger partial charge >= 0.3 is 0 Å². The lowest BCUT2D eigenvalue weighted by atomic mass is 10.1. The van der Waals surface area contributed by atoms with E-state index in [1.807, 2.05) is 13.1 Å². The van der Waals surface area contributed by atoms with Crippen molar-refractivity contribution in [3.8, 4) is 11.3 Å². The van der Waals surface area contributed by atoms with Crippen molar-refractivity contribution in [1.82, 2.24) is 14.8 Å². The molecule has 0 aliphatic rings. The Bertz CT molecular complexity index is 691. The number of aryl methyl sites for hydroxylation is 2. The van der Waals surface area contributed by atoms with Gasteiger partial charge in [0.25, 0.3) is 0 Å². The molecule has 4 nitrogen and oxygen atoms in total. The second kappa shape index (κ2) is 3.38. The lowest BCUT2D eigenvalue weighted by molar-refractivity contribution is 0.968. The van der Waals surface area contributed by atoms with Gasteiger partial charge in [-0.1, -0.05) is 12.1 Å². The molecule has 0 spiro atoms. The quantitative estimate of drug-likeness (QED) is 0.669. The Hall–Kier alpha value is -2.23. The summed E-state index contributed by atoms with van der Waals surface area (Å²) in [7, 11) is 2.05. The van der Waals surface area contributed by atoms with E-state index >= 15 is 0 Å². The van der Waals surface area contributed by atoms with Crippen LogP contribution in [-0.4, -0.2) is 14.8 Å². The van der Waals surface area contributed by atoms with Gasteiger partial charge in [0.2, 0.25) is 0 Å². The van der Waals surface area contributed by atoms with Gasteiger partial charge in [0.1, 0.15) is 5.82 Å². The molecule has 0 amide bonds. The van der Waals surface area contributed by atoms with Crippen molar-refractivity contribution in [2.75, 3.05) is 5.73 Å². The number of fused-ring (bicyclic) bond motifs is 1. The summed E-state index contributed by atoms with van der Waals surface area (Å²) in [5, 5.41) is 8.20. The normalized spacial score (nSPS) is 11.2. The van der Waals surface area contributed by atoms with Gasteiger partial charge in [0, 0.05) is 35.8 Å². The molecule has 0 fully saturated rings. The largest absolute Gasteiger partial charge is 0.382 e. The zero-order valence-corrected chi connectivity index (χ0v) is 9.86. The molecule has 0 radical (unpaired) electrons. The standard InChI is InChI=1S/C13H14N4/c1-8-4-3-5-11-13(8)9(7-17(11)2)10-6-12(14)16-15-10/h3-7H,1-2H3,(H3,14,15,16). The number of nitrogens with one attached hydrogen (secondary N) is 1. The van der Waals surface area contributed by atoms with E-state index in [9.17, 15) is 0 Å². The first-order valence-electron chi connectivity index (χ1n) is 5.52. The third-order valence-electron chi connectivity index (χ3n) is 3.11. The fraction of sp³-hybridized carbons (Fsp3) is 0.154. The highest BCUT2D eigenvalue weighted by Crippen LogP contribution is 2.31. The van der Waals surface area contributed by atoms with Gasteiger partial charge < -0.3 is 10.3 Å². The van der Waals surface area contributed by atoms with E-state index in [1.54, 1.807) is 0 Å². The van der Waals surface area contributed by atoms with E-state index in [2.05, 4.69) is 46.1 Å². The number of nitrogens with zero attached hydrogens (tertiary/aromatic N) is 2. The van der Waals surface area contributed by atoms with Crippen LogP contribution >= 0.6 is 0 Å². The molecule has 0 aliphatic carbocycles. The van der Waals surface area contributed by atoms with Gasteiger partial charge in [0.05, 0.1) is 5.69 Å². The Morgan fingerprint density at radius 1 is 1.35 bits per heavy atom. The maximum atomic E-state index is 5.66. The van der Waals surface area contributed by atoms with Gasteiger partial charge in [-0.25, -0.2) is 0 Å². The molecule has 4 heteroatoms. The van der Waals surface area contributed by atoms with Gasteiger partial charge in [-0.15, -0.1) is 0 Å². The second-order valence-corrected chi connectivity index (χ2v) is 4.33. The molecular weight excluding hydrogens is 212 g/mol. The van der Waals surface area contributed by atoms with Crippen molar-refractivity contribution in [3.63, 3.8) is 0 Å². The molecule has 17 heavy (non-hydrogen) atoms. The van der Waals surface area contributed by atoms with Crippen LogP contribution in [0.3, 0.4) is 0 Å². The number of hydrogen-bond acceptors (Lipinski definition) is 2. The number of H-pyrrole nitrogens is 1. The highest BCUT2D eigenvalue weighted by molar-refractivity contribution is 5.97. The topological polar surface area (TPSA) is 59.6 Å². The predicted octanol–water partition coefficient (Wildman–Crippen LogP) is 2.46.